The first-order valence-corrected chi connectivity index (χ1v) is 11.7. The van der Waals surface area contributed by atoms with Gasteiger partial charge in [0.15, 0.2) is 0 Å². The fraction of sp³-hybridized carbons (Fsp3) is 0.321. The third kappa shape index (κ3) is 6.23. The summed E-state index contributed by atoms with van der Waals surface area (Å²) in [6.07, 6.45) is -0.592. The van der Waals surface area contributed by atoms with Gasteiger partial charge in [0.1, 0.15) is 18.5 Å². The molecule has 3 aromatic rings. The number of hydrogen-bond acceptors (Lipinski definition) is 6. The predicted octanol–water partition coefficient (Wildman–Crippen LogP) is 3.62. The molecule has 0 spiro atoms. The quantitative estimate of drug-likeness (QED) is 0.492. The zero-order valence-electron chi connectivity index (χ0n) is 19.5. The maximum atomic E-state index is 11.5. The fourth-order valence-electron chi connectivity index (χ4n) is 4.44. The molecule has 1 atom stereocenters. The first-order valence-electron chi connectivity index (χ1n) is 11.7. The maximum Gasteiger partial charge on any atom is 0.337 e. The zero-order chi connectivity index (χ0) is 23.8. The molecule has 1 saturated heterocycles. The first-order chi connectivity index (χ1) is 16.6. The van der Waals surface area contributed by atoms with E-state index in [2.05, 4.69) is 70.5 Å². The SMILES string of the molecule is COC(=O)c1ccc(OCC(O)CN2CCN(C(c3ccccc3)c3ccccc3)CC2)cc1. The van der Waals surface area contributed by atoms with Crippen LogP contribution in [0.1, 0.15) is 27.5 Å². The van der Waals surface area contributed by atoms with Gasteiger partial charge < -0.3 is 14.6 Å². The van der Waals surface area contributed by atoms with Crippen LogP contribution >= 0.6 is 0 Å². The molecular weight excluding hydrogens is 428 g/mol. The van der Waals surface area contributed by atoms with Gasteiger partial charge in [0, 0.05) is 32.7 Å². The summed E-state index contributed by atoms with van der Waals surface area (Å²) in [6, 6.07) is 28.3. The average Bonchev–Trinajstić information content (AvgIpc) is 2.90. The van der Waals surface area contributed by atoms with Crippen molar-refractivity contribution in [3.8, 4) is 5.75 Å². The minimum atomic E-state index is -0.592. The lowest BCUT2D eigenvalue weighted by molar-refractivity contribution is 0.0400. The Morgan fingerprint density at radius 2 is 1.41 bits per heavy atom. The molecule has 1 aliphatic heterocycles. The number of hydrogen-bond donors (Lipinski definition) is 1. The molecule has 0 saturated carbocycles. The Morgan fingerprint density at radius 1 is 0.853 bits per heavy atom. The highest BCUT2D eigenvalue weighted by atomic mass is 16.5. The topological polar surface area (TPSA) is 62.2 Å². The first kappa shape index (κ1) is 24.0. The summed E-state index contributed by atoms with van der Waals surface area (Å²) in [4.78, 5) is 16.3. The van der Waals surface area contributed by atoms with Crippen LogP contribution in [0, 0.1) is 0 Å². The number of methoxy groups -OCH3 is 1. The number of esters is 1. The van der Waals surface area contributed by atoms with E-state index in [9.17, 15) is 9.90 Å². The molecule has 0 amide bonds. The summed E-state index contributed by atoms with van der Waals surface area (Å²) in [6.45, 7) is 4.40. The van der Waals surface area contributed by atoms with Crippen LogP contribution in [0.15, 0.2) is 84.9 Å². The number of β-amino-alcohol motifs (C(OH)–C–C–N with tert-alkyl or cyclic N) is 1. The maximum absolute atomic E-state index is 11.5. The normalized spacial score (nSPS) is 15.7. The van der Waals surface area contributed by atoms with Gasteiger partial charge in [0.05, 0.1) is 18.7 Å². The number of carbonyl (C=O) groups excluding carboxylic acids is 1. The highest BCUT2D eigenvalue weighted by molar-refractivity contribution is 5.89. The fourth-order valence-corrected chi connectivity index (χ4v) is 4.44. The Kier molecular flexibility index (Phi) is 8.31. The van der Waals surface area contributed by atoms with Crippen LogP contribution in [0.25, 0.3) is 0 Å². The third-order valence-electron chi connectivity index (χ3n) is 6.19. The van der Waals surface area contributed by atoms with Crippen molar-refractivity contribution in [2.45, 2.75) is 12.1 Å². The lowest BCUT2D eigenvalue weighted by Gasteiger charge is -2.40. The molecule has 1 fully saturated rings. The van der Waals surface area contributed by atoms with Gasteiger partial charge >= 0.3 is 5.97 Å². The summed E-state index contributed by atoms with van der Waals surface area (Å²) >= 11 is 0. The van der Waals surface area contributed by atoms with E-state index in [-0.39, 0.29) is 18.6 Å². The van der Waals surface area contributed by atoms with Crippen LogP contribution in [0.5, 0.6) is 5.75 Å². The molecule has 3 aromatic carbocycles. The minimum Gasteiger partial charge on any atom is -0.491 e. The molecule has 1 unspecified atom stereocenters. The number of benzene rings is 3. The number of nitrogens with zero attached hydrogens (tertiary/aromatic N) is 2. The largest absolute Gasteiger partial charge is 0.491 e. The van der Waals surface area contributed by atoms with Crippen molar-refractivity contribution < 1.29 is 19.4 Å². The van der Waals surface area contributed by atoms with Crippen molar-refractivity contribution in [3.63, 3.8) is 0 Å². The third-order valence-corrected chi connectivity index (χ3v) is 6.19. The number of carbonyl (C=O) groups is 1. The number of aliphatic hydroxyl groups is 1. The lowest BCUT2D eigenvalue weighted by Crippen LogP contribution is -2.50. The van der Waals surface area contributed by atoms with Crippen LogP contribution in [0.4, 0.5) is 0 Å². The zero-order valence-corrected chi connectivity index (χ0v) is 19.5. The van der Waals surface area contributed by atoms with Crippen LogP contribution in [0.2, 0.25) is 0 Å². The second-order valence-corrected chi connectivity index (χ2v) is 8.54. The number of ether oxygens (including phenoxy) is 2. The number of piperazine rings is 1. The van der Waals surface area contributed by atoms with Gasteiger partial charge in [-0.2, -0.15) is 0 Å². The summed E-state index contributed by atoms with van der Waals surface area (Å²) in [5.41, 5.74) is 3.07. The van der Waals surface area contributed by atoms with Crippen molar-refractivity contribution >= 4 is 5.97 Å². The highest BCUT2D eigenvalue weighted by Crippen LogP contribution is 2.29. The molecule has 0 radical (unpaired) electrons. The Balaban J connectivity index is 1.28. The molecule has 34 heavy (non-hydrogen) atoms. The molecule has 1 heterocycles. The second kappa shape index (κ2) is 11.8. The average molecular weight is 461 g/mol. The van der Waals surface area contributed by atoms with Crippen molar-refractivity contribution in [2.75, 3.05) is 46.4 Å². The van der Waals surface area contributed by atoms with Crippen LogP contribution in [-0.4, -0.2) is 73.4 Å². The number of aliphatic hydroxyl groups excluding tert-OH is 1. The van der Waals surface area contributed by atoms with Gasteiger partial charge in [0.2, 0.25) is 0 Å². The predicted molar refractivity (Wildman–Crippen MR) is 132 cm³/mol. The Bertz CT molecular complexity index is 980. The monoisotopic (exact) mass is 460 g/mol. The molecule has 4 rings (SSSR count). The van der Waals surface area contributed by atoms with E-state index < -0.39 is 6.10 Å². The van der Waals surface area contributed by atoms with E-state index >= 15 is 0 Å². The van der Waals surface area contributed by atoms with E-state index in [1.165, 1.54) is 18.2 Å². The van der Waals surface area contributed by atoms with Crippen LogP contribution < -0.4 is 4.74 Å². The van der Waals surface area contributed by atoms with Crippen molar-refractivity contribution in [3.05, 3.63) is 102 Å². The van der Waals surface area contributed by atoms with E-state index in [0.717, 1.165) is 26.2 Å². The molecule has 178 valence electrons. The molecular formula is C28H32N2O4. The summed E-state index contributed by atoms with van der Waals surface area (Å²) in [7, 11) is 1.35. The molecule has 1 aliphatic rings. The molecule has 6 heteroatoms. The molecule has 0 aromatic heterocycles. The molecule has 6 nitrogen and oxygen atoms in total. The van der Waals surface area contributed by atoms with Crippen LogP contribution in [0.3, 0.4) is 0 Å². The van der Waals surface area contributed by atoms with Gasteiger partial charge in [-0.15, -0.1) is 0 Å². The van der Waals surface area contributed by atoms with Gasteiger partial charge in [0.25, 0.3) is 0 Å². The standard InChI is InChI=1S/C28H32N2O4/c1-33-28(32)24-12-14-26(15-13-24)34-21-25(31)20-29-16-18-30(19-17-29)27(22-8-4-2-5-9-22)23-10-6-3-7-11-23/h2-15,25,27,31H,16-21H2,1H3. The molecule has 0 aliphatic carbocycles. The van der Waals surface area contributed by atoms with E-state index in [4.69, 9.17) is 9.47 Å². The van der Waals surface area contributed by atoms with Gasteiger partial charge in [-0.1, -0.05) is 60.7 Å². The smallest absolute Gasteiger partial charge is 0.337 e. The Hall–Kier alpha value is -3.19. The van der Waals surface area contributed by atoms with E-state index in [1.807, 2.05) is 0 Å². The molecule has 1 N–H and O–H groups in total. The van der Waals surface area contributed by atoms with E-state index in [0.29, 0.717) is 17.9 Å². The van der Waals surface area contributed by atoms with Crippen molar-refractivity contribution in [1.82, 2.24) is 9.80 Å². The Labute approximate surface area is 201 Å². The lowest BCUT2D eigenvalue weighted by atomic mass is 9.96. The summed E-state index contributed by atoms with van der Waals surface area (Å²) < 4.78 is 10.4. The van der Waals surface area contributed by atoms with Gasteiger partial charge in [-0.3, -0.25) is 9.80 Å². The Morgan fingerprint density at radius 3 is 1.94 bits per heavy atom. The second-order valence-electron chi connectivity index (χ2n) is 8.54. The van der Waals surface area contributed by atoms with Crippen molar-refractivity contribution in [1.29, 1.82) is 0 Å². The van der Waals surface area contributed by atoms with Crippen LogP contribution in [-0.2, 0) is 4.74 Å². The van der Waals surface area contributed by atoms with Gasteiger partial charge in [-0.05, 0) is 35.4 Å². The summed E-state index contributed by atoms with van der Waals surface area (Å²) in [5, 5.41) is 10.5. The van der Waals surface area contributed by atoms with Crippen molar-refractivity contribution in [2.24, 2.45) is 0 Å². The highest BCUT2D eigenvalue weighted by Gasteiger charge is 2.27. The van der Waals surface area contributed by atoms with E-state index in [1.54, 1.807) is 24.3 Å². The minimum absolute atomic E-state index is 0.203. The molecule has 0 bridgehead atoms. The number of rotatable bonds is 9. The summed E-state index contributed by atoms with van der Waals surface area (Å²) in [5.74, 6) is 0.234. The van der Waals surface area contributed by atoms with Gasteiger partial charge in [-0.25, -0.2) is 4.79 Å².